The molecule has 0 aromatic heterocycles. The lowest BCUT2D eigenvalue weighted by atomic mass is 9.97. The maximum atomic E-state index is 13.3. The van der Waals surface area contributed by atoms with Gasteiger partial charge in [0.05, 0.1) is 0 Å². The second-order valence-corrected chi connectivity index (χ2v) is 3.93. The molecule has 1 aliphatic heterocycles. The minimum absolute atomic E-state index is 0.249. The van der Waals surface area contributed by atoms with Crippen LogP contribution >= 0.6 is 0 Å². The second kappa shape index (κ2) is 5.55. The van der Waals surface area contributed by atoms with E-state index >= 15 is 0 Å². The first-order chi connectivity index (χ1) is 6.24. The monoisotopic (exact) mass is 189 g/mol. The van der Waals surface area contributed by atoms with Crippen molar-refractivity contribution in [3.8, 4) is 0 Å². The molecule has 2 unspecified atom stereocenters. The summed E-state index contributed by atoms with van der Waals surface area (Å²) in [6.07, 6.45) is 1.38. The lowest BCUT2D eigenvalue weighted by molar-refractivity contribution is 0.0845. The number of likely N-dealkylation sites (tertiary alicyclic amines) is 1. The number of halogens is 1. The minimum atomic E-state index is -0.628. The van der Waals surface area contributed by atoms with E-state index in [1.807, 2.05) is 6.92 Å². The van der Waals surface area contributed by atoms with Gasteiger partial charge in [-0.2, -0.15) is 0 Å². The van der Waals surface area contributed by atoms with Crippen LogP contribution in [0.15, 0.2) is 0 Å². The SMILES string of the molecule is COCCCN1CCC(C)C(F)C1. The molecule has 1 saturated heterocycles. The summed E-state index contributed by atoms with van der Waals surface area (Å²) in [6, 6.07) is 0. The van der Waals surface area contributed by atoms with Crippen LogP contribution in [0.5, 0.6) is 0 Å². The molecule has 3 heteroatoms. The Morgan fingerprint density at radius 1 is 1.54 bits per heavy atom. The highest BCUT2D eigenvalue weighted by molar-refractivity contribution is 4.77. The Kier molecular flexibility index (Phi) is 4.67. The van der Waals surface area contributed by atoms with Gasteiger partial charge in [0.25, 0.3) is 0 Å². The van der Waals surface area contributed by atoms with Gasteiger partial charge in [0, 0.05) is 26.8 Å². The molecule has 0 aliphatic carbocycles. The van der Waals surface area contributed by atoms with E-state index in [-0.39, 0.29) is 5.92 Å². The van der Waals surface area contributed by atoms with Crippen molar-refractivity contribution in [3.05, 3.63) is 0 Å². The summed E-state index contributed by atoms with van der Waals surface area (Å²) in [5.74, 6) is 0.249. The van der Waals surface area contributed by atoms with Gasteiger partial charge in [-0.15, -0.1) is 0 Å². The molecule has 0 N–H and O–H groups in total. The third-order valence-corrected chi connectivity index (χ3v) is 2.77. The predicted molar refractivity (Wildman–Crippen MR) is 51.6 cm³/mol. The fourth-order valence-electron chi connectivity index (χ4n) is 1.72. The number of nitrogens with zero attached hydrogens (tertiary/aromatic N) is 1. The van der Waals surface area contributed by atoms with Crippen molar-refractivity contribution in [2.75, 3.05) is 33.4 Å². The first-order valence-corrected chi connectivity index (χ1v) is 5.09. The predicted octanol–water partition coefficient (Wildman–Crippen LogP) is 1.70. The molecule has 0 radical (unpaired) electrons. The highest BCUT2D eigenvalue weighted by Gasteiger charge is 2.24. The van der Waals surface area contributed by atoms with E-state index < -0.39 is 6.17 Å². The van der Waals surface area contributed by atoms with Crippen LogP contribution in [0.2, 0.25) is 0 Å². The molecule has 0 bridgehead atoms. The Bertz CT molecular complexity index is 143. The van der Waals surface area contributed by atoms with Crippen LogP contribution < -0.4 is 0 Å². The van der Waals surface area contributed by atoms with E-state index in [2.05, 4.69) is 4.90 Å². The Morgan fingerprint density at radius 3 is 2.92 bits per heavy atom. The van der Waals surface area contributed by atoms with Gasteiger partial charge in [-0.25, -0.2) is 4.39 Å². The first-order valence-electron chi connectivity index (χ1n) is 5.09. The van der Waals surface area contributed by atoms with Crippen molar-refractivity contribution in [1.82, 2.24) is 4.90 Å². The average molecular weight is 189 g/mol. The van der Waals surface area contributed by atoms with E-state index in [9.17, 15) is 4.39 Å². The maximum Gasteiger partial charge on any atom is 0.115 e. The number of ether oxygens (including phenoxy) is 1. The smallest absolute Gasteiger partial charge is 0.115 e. The van der Waals surface area contributed by atoms with Crippen LogP contribution in [0.25, 0.3) is 0 Å². The molecule has 0 spiro atoms. The van der Waals surface area contributed by atoms with Gasteiger partial charge in [0.15, 0.2) is 0 Å². The molecule has 0 amide bonds. The van der Waals surface area contributed by atoms with E-state index in [1.165, 1.54) is 0 Å². The highest BCUT2D eigenvalue weighted by atomic mass is 19.1. The van der Waals surface area contributed by atoms with Gasteiger partial charge in [0.2, 0.25) is 0 Å². The van der Waals surface area contributed by atoms with Crippen LogP contribution in [0.4, 0.5) is 4.39 Å². The van der Waals surface area contributed by atoms with Gasteiger partial charge >= 0.3 is 0 Å². The van der Waals surface area contributed by atoms with Crippen molar-refractivity contribution in [1.29, 1.82) is 0 Å². The summed E-state index contributed by atoms with van der Waals surface area (Å²) >= 11 is 0. The van der Waals surface area contributed by atoms with Crippen LogP contribution in [0.3, 0.4) is 0 Å². The lowest BCUT2D eigenvalue weighted by Crippen LogP contribution is -2.41. The van der Waals surface area contributed by atoms with Crippen LogP contribution in [-0.2, 0) is 4.74 Å². The Balaban J connectivity index is 2.14. The molecular weight excluding hydrogens is 169 g/mol. The van der Waals surface area contributed by atoms with E-state index in [1.54, 1.807) is 7.11 Å². The topological polar surface area (TPSA) is 12.5 Å². The molecule has 1 fully saturated rings. The number of methoxy groups -OCH3 is 1. The molecule has 78 valence electrons. The summed E-state index contributed by atoms with van der Waals surface area (Å²) in [4.78, 5) is 2.20. The van der Waals surface area contributed by atoms with Gasteiger partial charge in [-0.1, -0.05) is 6.92 Å². The third kappa shape index (κ3) is 3.61. The molecule has 1 rings (SSSR count). The molecule has 0 aromatic carbocycles. The minimum Gasteiger partial charge on any atom is -0.385 e. The number of alkyl halides is 1. The van der Waals surface area contributed by atoms with Crippen LogP contribution in [-0.4, -0.2) is 44.4 Å². The fraction of sp³-hybridized carbons (Fsp3) is 1.00. The number of rotatable bonds is 4. The first kappa shape index (κ1) is 10.9. The normalized spacial score (nSPS) is 30.7. The number of hydrogen-bond acceptors (Lipinski definition) is 2. The number of piperidine rings is 1. The zero-order valence-corrected chi connectivity index (χ0v) is 8.63. The molecule has 2 nitrogen and oxygen atoms in total. The molecular formula is C10H20FNO. The average Bonchev–Trinajstić information content (AvgIpc) is 2.12. The second-order valence-electron chi connectivity index (χ2n) is 3.93. The third-order valence-electron chi connectivity index (χ3n) is 2.77. The zero-order chi connectivity index (χ0) is 9.68. The Hall–Kier alpha value is -0.150. The van der Waals surface area contributed by atoms with Crippen molar-refractivity contribution >= 4 is 0 Å². The van der Waals surface area contributed by atoms with Crippen molar-refractivity contribution < 1.29 is 9.13 Å². The van der Waals surface area contributed by atoms with Gasteiger partial charge < -0.3 is 9.64 Å². The molecule has 0 aromatic rings. The van der Waals surface area contributed by atoms with E-state index in [0.29, 0.717) is 6.54 Å². The van der Waals surface area contributed by atoms with Crippen LogP contribution in [0.1, 0.15) is 19.8 Å². The van der Waals surface area contributed by atoms with Crippen molar-refractivity contribution in [3.63, 3.8) is 0 Å². The van der Waals surface area contributed by atoms with E-state index in [0.717, 1.165) is 32.5 Å². The molecule has 1 aliphatic rings. The largest absolute Gasteiger partial charge is 0.385 e. The highest BCUT2D eigenvalue weighted by Crippen LogP contribution is 2.19. The molecule has 1 heterocycles. The quantitative estimate of drug-likeness (QED) is 0.624. The molecule has 0 saturated carbocycles. The van der Waals surface area contributed by atoms with Gasteiger partial charge in [-0.05, 0) is 25.3 Å². The standard InChI is InChI=1S/C10H20FNO/c1-9-4-6-12(8-10(9)11)5-3-7-13-2/h9-10H,3-8H2,1-2H3. The zero-order valence-electron chi connectivity index (χ0n) is 8.63. The van der Waals surface area contributed by atoms with E-state index in [4.69, 9.17) is 4.74 Å². The molecule has 2 atom stereocenters. The van der Waals surface area contributed by atoms with Gasteiger partial charge in [-0.3, -0.25) is 0 Å². The summed E-state index contributed by atoms with van der Waals surface area (Å²) in [6.45, 7) is 5.41. The Labute approximate surface area is 80.1 Å². The fourth-order valence-corrected chi connectivity index (χ4v) is 1.72. The maximum absolute atomic E-state index is 13.3. The Morgan fingerprint density at radius 2 is 2.31 bits per heavy atom. The summed E-state index contributed by atoms with van der Waals surface area (Å²) in [5.41, 5.74) is 0. The molecule has 13 heavy (non-hydrogen) atoms. The summed E-state index contributed by atoms with van der Waals surface area (Å²) in [5, 5.41) is 0. The lowest BCUT2D eigenvalue weighted by Gasteiger charge is -2.32. The van der Waals surface area contributed by atoms with Gasteiger partial charge in [0.1, 0.15) is 6.17 Å². The van der Waals surface area contributed by atoms with Crippen molar-refractivity contribution in [2.24, 2.45) is 5.92 Å². The van der Waals surface area contributed by atoms with Crippen molar-refractivity contribution in [2.45, 2.75) is 25.9 Å². The summed E-state index contributed by atoms with van der Waals surface area (Å²) in [7, 11) is 1.70. The van der Waals surface area contributed by atoms with Crippen LogP contribution in [0, 0.1) is 5.92 Å². The number of hydrogen-bond donors (Lipinski definition) is 0. The summed E-state index contributed by atoms with van der Waals surface area (Å²) < 4.78 is 18.2.